The molecule has 0 aromatic rings. The zero-order chi connectivity index (χ0) is 15.5. The summed E-state index contributed by atoms with van der Waals surface area (Å²) in [5.41, 5.74) is 0. The van der Waals surface area contributed by atoms with Gasteiger partial charge in [-0.05, 0) is 88.2 Å². The monoisotopic (exact) mass is 329 g/mol. The number of rotatable bonds is 1. The number of alkyl halides is 1. The van der Waals surface area contributed by atoms with Crippen LogP contribution in [-0.2, 0) is 17.4 Å². The van der Waals surface area contributed by atoms with Gasteiger partial charge in [0.05, 0.1) is 12.2 Å². The summed E-state index contributed by atoms with van der Waals surface area (Å²) in [7, 11) is 0. The van der Waals surface area contributed by atoms with E-state index >= 15 is 0 Å². The van der Waals surface area contributed by atoms with Crippen molar-refractivity contribution in [1.29, 1.82) is 0 Å². The average Bonchev–Trinajstić information content (AvgIpc) is 2.57. The second-order valence-electron chi connectivity index (χ2n) is 8.22. The fourth-order valence-corrected chi connectivity index (χ4v) is 5.18. The van der Waals surface area contributed by atoms with Crippen molar-refractivity contribution in [3.05, 3.63) is 0 Å². The molecule has 3 saturated carbocycles. The molecule has 0 radical (unpaired) electrons. The van der Waals surface area contributed by atoms with Gasteiger partial charge in [0.1, 0.15) is 5.25 Å². The third-order valence-corrected chi connectivity index (χ3v) is 7.11. The lowest BCUT2D eigenvalue weighted by Crippen LogP contribution is -2.53. The van der Waals surface area contributed by atoms with Gasteiger partial charge >= 0.3 is 0 Å². The summed E-state index contributed by atoms with van der Waals surface area (Å²) in [5, 5.41) is 0.828. The first-order chi connectivity index (χ1) is 10.6. The molecule has 5 aliphatic rings. The van der Waals surface area contributed by atoms with Crippen LogP contribution in [0.5, 0.6) is 0 Å². The molecule has 2 aliphatic heterocycles. The Bertz CT molecular complexity index is 300. The maximum atomic E-state index is 12.5. The van der Waals surface area contributed by atoms with Crippen LogP contribution < -0.4 is 0 Å². The van der Waals surface area contributed by atoms with E-state index in [1.807, 2.05) is 0 Å². The van der Waals surface area contributed by atoms with Crippen molar-refractivity contribution >= 4 is 12.6 Å². The van der Waals surface area contributed by atoms with Crippen molar-refractivity contribution < 1.29 is 9.13 Å². The van der Waals surface area contributed by atoms with Crippen LogP contribution in [0.4, 0.5) is 4.39 Å². The van der Waals surface area contributed by atoms with Crippen LogP contribution in [0.1, 0.15) is 77.6 Å². The molecule has 1 nitrogen and oxygen atoms in total. The van der Waals surface area contributed by atoms with E-state index in [1.165, 1.54) is 51.4 Å². The molecule has 3 aliphatic carbocycles. The van der Waals surface area contributed by atoms with Crippen LogP contribution in [0.3, 0.4) is 0 Å². The fraction of sp³-hybridized carbons (Fsp3) is 1.00. The van der Waals surface area contributed by atoms with E-state index < -0.39 is 6.17 Å². The molecule has 2 bridgehead atoms. The van der Waals surface area contributed by atoms with Gasteiger partial charge in [-0.25, -0.2) is 4.39 Å². The standard InChI is InChI=1S/C13H24S.C6H9FO/c1-10-2-4-11(5-3-10)12-6-8-13(14)9-7-12;7-6-4-2-1-3-5(6)8-4/h10-14H,2-9H2,1H3;4-6H,1-3H2/p+1. The minimum absolute atomic E-state index is 0.0197. The molecule has 0 aromatic heterocycles. The third-order valence-electron chi connectivity index (χ3n) is 6.54. The van der Waals surface area contributed by atoms with Crippen LogP contribution >= 0.6 is 0 Å². The topological polar surface area (TPSA) is 9.23 Å². The van der Waals surface area contributed by atoms with E-state index in [2.05, 4.69) is 19.6 Å². The van der Waals surface area contributed by atoms with Gasteiger partial charge in [0.2, 0.25) is 0 Å². The second-order valence-corrected chi connectivity index (χ2v) is 9.04. The fourth-order valence-electron chi connectivity index (χ4n) is 4.85. The van der Waals surface area contributed by atoms with Gasteiger partial charge in [-0.2, -0.15) is 0 Å². The molecule has 128 valence electrons. The van der Waals surface area contributed by atoms with E-state index in [9.17, 15) is 4.39 Å². The lowest BCUT2D eigenvalue weighted by atomic mass is 9.71. The molecule has 22 heavy (non-hydrogen) atoms. The Morgan fingerprint density at radius 2 is 1.27 bits per heavy atom. The Balaban J connectivity index is 0.000000151. The molecule has 0 amide bonds. The van der Waals surface area contributed by atoms with Crippen LogP contribution in [-0.4, -0.2) is 23.6 Å². The molecule has 2 atom stereocenters. The van der Waals surface area contributed by atoms with Gasteiger partial charge in [0.25, 0.3) is 0 Å². The summed E-state index contributed by atoms with van der Waals surface area (Å²) in [4.78, 5) is 0. The minimum atomic E-state index is -0.622. The number of ether oxygens (including phenoxy) is 1. The summed E-state index contributed by atoms with van der Waals surface area (Å²) in [6, 6.07) is 0. The number of hydrogen-bond donors (Lipinski definition) is 0. The molecule has 0 spiro atoms. The van der Waals surface area contributed by atoms with Gasteiger partial charge in [-0.1, -0.05) is 19.8 Å². The highest BCUT2D eigenvalue weighted by atomic mass is 32.1. The highest BCUT2D eigenvalue weighted by Crippen LogP contribution is 2.40. The smallest absolute Gasteiger partial charge is 0.152 e. The quantitative estimate of drug-likeness (QED) is 0.636. The van der Waals surface area contributed by atoms with Crippen LogP contribution in [0, 0.1) is 17.8 Å². The Morgan fingerprint density at radius 3 is 1.68 bits per heavy atom. The molecular formula is C19H34FOS+. The average molecular weight is 330 g/mol. The molecule has 2 unspecified atom stereocenters. The molecular weight excluding hydrogens is 295 g/mol. The van der Waals surface area contributed by atoms with Crippen molar-refractivity contribution in [3.8, 4) is 0 Å². The summed E-state index contributed by atoms with van der Waals surface area (Å²) < 4.78 is 17.6. The lowest BCUT2D eigenvalue weighted by molar-refractivity contribution is -0.217. The maximum Gasteiger partial charge on any atom is 0.152 e. The predicted octanol–water partition coefficient (Wildman–Crippen LogP) is 4.66. The van der Waals surface area contributed by atoms with E-state index in [1.54, 1.807) is 0 Å². The van der Waals surface area contributed by atoms with E-state index in [-0.39, 0.29) is 12.2 Å². The third kappa shape index (κ3) is 4.20. The van der Waals surface area contributed by atoms with E-state index in [0.717, 1.165) is 42.3 Å². The Morgan fingerprint density at radius 1 is 0.773 bits per heavy atom. The van der Waals surface area contributed by atoms with Gasteiger partial charge in [-0.15, -0.1) is 0 Å². The molecule has 5 fully saturated rings. The van der Waals surface area contributed by atoms with E-state index in [0.29, 0.717) is 0 Å². The molecule has 5 rings (SSSR count). The number of hydrogen-bond acceptors (Lipinski definition) is 1. The summed E-state index contributed by atoms with van der Waals surface area (Å²) in [6.45, 7) is 2.42. The normalized spacial score (nSPS) is 47.9. The first kappa shape index (κ1) is 17.1. The summed E-state index contributed by atoms with van der Waals surface area (Å²) in [6.07, 6.45) is 14.3. The Hall–Kier alpha value is 0.240. The maximum absolute atomic E-state index is 12.5. The minimum Gasteiger partial charge on any atom is -0.369 e. The lowest BCUT2D eigenvalue weighted by Gasteiger charge is -2.44. The van der Waals surface area contributed by atoms with Gasteiger partial charge < -0.3 is 4.74 Å². The van der Waals surface area contributed by atoms with Gasteiger partial charge in [-0.3, -0.25) is 0 Å². The first-order valence-corrected chi connectivity index (χ1v) is 10.2. The zero-order valence-corrected chi connectivity index (χ0v) is 15.1. The highest BCUT2D eigenvalue weighted by molar-refractivity contribution is 7.59. The first-order valence-electron chi connectivity index (χ1n) is 9.64. The molecule has 2 heterocycles. The SMILES string of the molecule is CC1CCC(C2CCC([SH2+])CC2)CC1.FC1C2CCCC1O2. The van der Waals surface area contributed by atoms with Crippen molar-refractivity contribution in [1.82, 2.24) is 0 Å². The van der Waals surface area contributed by atoms with Gasteiger partial charge in [0, 0.05) is 0 Å². The Labute approximate surface area is 141 Å². The van der Waals surface area contributed by atoms with Crippen LogP contribution in [0.2, 0.25) is 0 Å². The largest absolute Gasteiger partial charge is 0.369 e. The predicted molar refractivity (Wildman–Crippen MR) is 94.4 cm³/mol. The van der Waals surface area contributed by atoms with E-state index in [4.69, 9.17) is 4.74 Å². The molecule has 2 saturated heterocycles. The Kier molecular flexibility index (Phi) is 6.11. The summed E-state index contributed by atoms with van der Waals surface area (Å²) >= 11 is 3.80. The van der Waals surface area contributed by atoms with Crippen molar-refractivity contribution in [2.24, 2.45) is 17.8 Å². The molecule has 0 N–H and O–H groups in total. The van der Waals surface area contributed by atoms with Crippen LogP contribution in [0.15, 0.2) is 0 Å². The van der Waals surface area contributed by atoms with Crippen molar-refractivity contribution in [2.45, 2.75) is 101 Å². The number of fused-ring (bicyclic) bond motifs is 2. The number of halogens is 1. The molecule has 3 heteroatoms. The van der Waals surface area contributed by atoms with Crippen LogP contribution in [0.25, 0.3) is 0 Å². The molecule has 0 aromatic carbocycles. The van der Waals surface area contributed by atoms with Crippen molar-refractivity contribution in [2.75, 3.05) is 0 Å². The van der Waals surface area contributed by atoms with Crippen molar-refractivity contribution in [3.63, 3.8) is 0 Å². The zero-order valence-electron chi connectivity index (χ0n) is 14.1. The van der Waals surface area contributed by atoms with Gasteiger partial charge in [0.15, 0.2) is 6.17 Å². The summed E-state index contributed by atoms with van der Waals surface area (Å²) in [5.74, 6) is 3.18. The highest BCUT2D eigenvalue weighted by Gasteiger charge is 2.45. The second kappa shape index (κ2) is 7.88.